The van der Waals surface area contributed by atoms with Crippen LogP contribution in [0.3, 0.4) is 0 Å². The summed E-state index contributed by atoms with van der Waals surface area (Å²) in [5.41, 5.74) is 0.220. The molecule has 1 saturated heterocycles. The number of rotatable bonds is 5. The van der Waals surface area contributed by atoms with Gasteiger partial charge in [-0.15, -0.1) is 0 Å². The Morgan fingerprint density at radius 3 is 2.56 bits per heavy atom. The summed E-state index contributed by atoms with van der Waals surface area (Å²) in [4.78, 5) is 18.8. The Balaban J connectivity index is 2.25. The fourth-order valence-electron chi connectivity index (χ4n) is 3.19. The van der Waals surface area contributed by atoms with Crippen LogP contribution in [0.15, 0.2) is 24.5 Å². The second kappa shape index (κ2) is 8.25. The number of pyridine rings is 1. The lowest BCUT2D eigenvalue weighted by Gasteiger charge is -2.43. The van der Waals surface area contributed by atoms with Gasteiger partial charge >= 0.3 is 5.97 Å². The zero-order valence-electron chi connectivity index (χ0n) is 15.8. The molecular weight excluding hydrogens is 320 g/mol. The maximum absolute atomic E-state index is 12.8. The van der Waals surface area contributed by atoms with Crippen LogP contribution in [0.25, 0.3) is 0 Å². The fourth-order valence-corrected chi connectivity index (χ4v) is 3.19. The van der Waals surface area contributed by atoms with E-state index in [9.17, 15) is 9.90 Å². The van der Waals surface area contributed by atoms with Crippen LogP contribution in [0.2, 0.25) is 0 Å². The molecule has 0 aliphatic carbocycles. The SMILES string of the molecule is CC(C)[C@@H](C(=O)OC(C)(C)C)N1CCOC[C@@H]1C(O)c1ccncc1. The van der Waals surface area contributed by atoms with Crippen molar-refractivity contribution in [3.8, 4) is 0 Å². The van der Waals surface area contributed by atoms with Gasteiger partial charge in [-0.1, -0.05) is 13.8 Å². The molecule has 1 aliphatic heterocycles. The van der Waals surface area contributed by atoms with Gasteiger partial charge in [0.25, 0.3) is 0 Å². The number of hydrogen-bond acceptors (Lipinski definition) is 6. The molecule has 3 atom stereocenters. The molecule has 6 nitrogen and oxygen atoms in total. The minimum atomic E-state index is -0.757. The van der Waals surface area contributed by atoms with Crippen molar-refractivity contribution in [2.24, 2.45) is 5.92 Å². The highest BCUT2D eigenvalue weighted by Crippen LogP contribution is 2.28. The van der Waals surface area contributed by atoms with Crippen molar-refractivity contribution in [3.63, 3.8) is 0 Å². The summed E-state index contributed by atoms with van der Waals surface area (Å²) < 4.78 is 11.2. The van der Waals surface area contributed by atoms with Crippen LogP contribution in [0.5, 0.6) is 0 Å². The van der Waals surface area contributed by atoms with Crippen LogP contribution >= 0.6 is 0 Å². The first-order chi connectivity index (χ1) is 11.7. The molecule has 1 N–H and O–H groups in total. The number of carbonyl (C=O) groups excluding carboxylic acids is 1. The normalized spacial score (nSPS) is 21.8. The van der Waals surface area contributed by atoms with Crippen LogP contribution < -0.4 is 0 Å². The summed E-state index contributed by atoms with van der Waals surface area (Å²) in [5.74, 6) is -0.198. The maximum Gasteiger partial charge on any atom is 0.324 e. The summed E-state index contributed by atoms with van der Waals surface area (Å²) in [5, 5.41) is 10.9. The van der Waals surface area contributed by atoms with Gasteiger partial charge in [0.1, 0.15) is 11.6 Å². The molecule has 2 rings (SSSR count). The van der Waals surface area contributed by atoms with Crippen molar-refractivity contribution in [1.29, 1.82) is 0 Å². The van der Waals surface area contributed by atoms with E-state index in [2.05, 4.69) is 4.98 Å². The topological polar surface area (TPSA) is 71.9 Å². The predicted octanol–water partition coefficient (Wildman–Crippen LogP) is 2.18. The predicted molar refractivity (Wildman–Crippen MR) is 95.0 cm³/mol. The summed E-state index contributed by atoms with van der Waals surface area (Å²) >= 11 is 0. The molecule has 1 aromatic heterocycles. The second-order valence-corrected chi connectivity index (χ2v) is 7.83. The molecule has 6 heteroatoms. The molecule has 1 unspecified atom stereocenters. The van der Waals surface area contributed by atoms with Crippen molar-refractivity contribution in [2.45, 2.75) is 58.4 Å². The summed E-state index contributed by atoms with van der Waals surface area (Å²) in [6, 6.07) is 2.84. The van der Waals surface area contributed by atoms with E-state index in [0.717, 1.165) is 5.56 Å². The first-order valence-electron chi connectivity index (χ1n) is 8.85. The molecule has 1 aliphatic rings. The van der Waals surface area contributed by atoms with E-state index in [1.807, 2.05) is 39.5 Å². The van der Waals surface area contributed by atoms with Gasteiger partial charge in [-0.2, -0.15) is 0 Å². The number of ether oxygens (including phenoxy) is 2. The maximum atomic E-state index is 12.8. The van der Waals surface area contributed by atoms with Gasteiger partial charge in [-0.25, -0.2) is 0 Å². The van der Waals surface area contributed by atoms with E-state index in [0.29, 0.717) is 19.8 Å². The van der Waals surface area contributed by atoms with Gasteiger partial charge in [-0.05, 0) is 44.4 Å². The molecule has 140 valence electrons. The second-order valence-electron chi connectivity index (χ2n) is 7.83. The number of hydrogen-bond donors (Lipinski definition) is 1. The van der Waals surface area contributed by atoms with Crippen LogP contribution in [-0.2, 0) is 14.3 Å². The Kier molecular flexibility index (Phi) is 6.54. The molecule has 0 bridgehead atoms. The minimum absolute atomic E-state index is 0.0556. The average molecular weight is 350 g/mol. The zero-order valence-corrected chi connectivity index (χ0v) is 15.8. The lowest BCUT2D eigenvalue weighted by molar-refractivity contribution is -0.170. The van der Waals surface area contributed by atoms with Crippen LogP contribution in [0.4, 0.5) is 0 Å². The highest BCUT2D eigenvalue weighted by atomic mass is 16.6. The summed E-state index contributed by atoms with van der Waals surface area (Å²) in [7, 11) is 0. The van der Waals surface area contributed by atoms with Gasteiger partial charge in [0.05, 0.1) is 25.4 Å². The van der Waals surface area contributed by atoms with E-state index in [-0.39, 0.29) is 17.9 Å². The lowest BCUT2D eigenvalue weighted by Crippen LogP contribution is -2.58. The van der Waals surface area contributed by atoms with E-state index in [1.165, 1.54) is 0 Å². The Morgan fingerprint density at radius 2 is 2.00 bits per heavy atom. The standard InChI is InChI=1S/C19H30N2O4/c1-13(2)16(18(23)25-19(3,4)5)21-10-11-24-12-15(21)17(22)14-6-8-20-9-7-14/h6-9,13,15-17,22H,10-12H2,1-5H3/t15-,16+,17?/m1/s1. The molecular formula is C19H30N2O4. The minimum Gasteiger partial charge on any atom is -0.459 e. The van der Waals surface area contributed by atoms with Crippen molar-refractivity contribution in [2.75, 3.05) is 19.8 Å². The lowest BCUT2D eigenvalue weighted by atomic mass is 9.95. The van der Waals surface area contributed by atoms with Crippen molar-refractivity contribution < 1.29 is 19.4 Å². The van der Waals surface area contributed by atoms with Crippen LogP contribution in [0, 0.1) is 5.92 Å². The molecule has 1 aromatic rings. The van der Waals surface area contributed by atoms with Gasteiger partial charge in [-0.3, -0.25) is 14.7 Å². The molecule has 2 heterocycles. The molecule has 1 fully saturated rings. The highest BCUT2D eigenvalue weighted by Gasteiger charge is 2.41. The van der Waals surface area contributed by atoms with E-state index < -0.39 is 17.7 Å². The number of aliphatic hydroxyl groups excluding tert-OH is 1. The quantitative estimate of drug-likeness (QED) is 0.821. The van der Waals surface area contributed by atoms with Crippen molar-refractivity contribution in [3.05, 3.63) is 30.1 Å². The largest absolute Gasteiger partial charge is 0.459 e. The van der Waals surface area contributed by atoms with Crippen LogP contribution in [-0.4, -0.2) is 58.4 Å². The van der Waals surface area contributed by atoms with Gasteiger partial charge in [0, 0.05) is 18.9 Å². The number of aliphatic hydroxyl groups is 1. The first kappa shape index (κ1) is 19.8. The summed E-state index contributed by atoms with van der Waals surface area (Å²) in [6.07, 6.45) is 2.55. The monoisotopic (exact) mass is 350 g/mol. The summed E-state index contributed by atoms with van der Waals surface area (Å²) in [6.45, 7) is 11.1. The molecule has 0 radical (unpaired) electrons. The molecule has 0 saturated carbocycles. The Bertz CT molecular complexity index is 556. The van der Waals surface area contributed by atoms with Crippen molar-refractivity contribution in [1.82, 2.24) is 9.88 Å². The van der Waals surface area contributed by atoms with Gasteiger partial charge < -0.3 is 14.6 Å². The van der Waals surface area contributed by atoms with Gasteiger partial charge in [0.2, 0.25) is 0 Å². The Hall–Kier alpha value is -1.50. The van der Waals surface area contributed by atoms with E-state index in [4.69, 9.17) is 9.47 Å². The average Bonchev–Trinajstić information content (AvgIpc) is 2.53. The highest BCUT2D eigenvalue weighted by molar-refractivity contribution is 5.76. The molecule has 0 amide bonds. The number of nitrogens with zero attached hydrogens (tertiary/aromatic N) is 2. The van der Waals surface area contributed by atoms with E-state index >= 15 is 0 Å². The Labute approximate surface area is 150 Å². The molecule has 0 spiro atoms. The smallest absolute Gasteiger partial charge is 0.324 e. The number of morpholine rings is 1. The van der Waals surface area contributed by atoms with Gasteiger partial charge in [0.15, 0.2) is 0 Å². The Morgan fingerprint density at radius 1 is 1.36 bits per heavy atom. The zero-order chi connectivity index (χ0) is 18.6. The molecule has 0 aromatic carbocycles. The fraction of sp³-hybridized carbons (Fsp3) is 0.684. The number of aromatic nitrogens is 1. The third kappa shape index (κ3) is 5.23. The number of carbonyl (C=O) groups is 1. The third-order valence-corrected chi connectivity index (χ3v) is 4.26. The first-order valence-corrected chi connectivity index (χ1v) is 8.85. The molecule has 25 heavy (non-hydrogen) atoms. The van der Waals surface area contributed by atoms with Crippen LogP contribution in [0.1, 0.15) is 46.3 Å². The third-order valence-electron chi connectivity index (χ3n) is 4.26. The van der Waals surface area contributed by atoms with Crippen molar-refractivity contribution >= 4 is 5.97 Å². The van der Waals surface area contributed by atoms with E-state index in [1.54, 1.807) is 24.5 Å². The number of esters is 1.